The van der Waals surface area contributed by atoms with Gasteiger partial charge in [-0.05, 0) is 74.8 Å². The molecule has 1 unspecified atom stereocenters. The van der Waals surface area contributed by atoms with Gasteiger partial charge in [-0.3, -0.25) is 0 Å². The Kier molecular flexibility index (Phi) is 10.5. The van der Waals surface area contributed by atoms with Crippen LogP contribution in [0.15, 0.2) is 42.5 Å². The Morgan fingerprint density at radius 2 is 1.81 bits per heavy atom. The summed E-state index contributed by atoms with van der Waals surface area (Å²) in [5, 5.41) is 12.3. The Morgan fingerprint density at radius 3 is 2.49 bits per heavy atom. The number of halogens is 1. The molecule has 2 aromatic carbocycles. The van der Waals surface area contributed by atoms with E-state index in [4.69, 9.17) is 9.47 Å². The van der Waals surface area contributed by atoms with Crippen LogP contribution in [-0.2, 0) is 16.1 Å². The van der Waals surface area contributed by atoms with Crippen molar-refractivity contribution < 1.29 is 28.6 Å². The molecule has 0 heterocycles. The first-order chi connectivity index (χ1) is 17.7. The summed E-state index contributed by atoms with van der Waals surface area (Å²) in [5.41, 5.74) is 2.12. The molecule has 1 fully saturated rings. The highest BCUT2D eigenvalue weighted by Gasteiger charge is 2.26. The maximum atomic E-state index is 13.5. The molecule has 2 N–H and O–H groups in total. The summed E-state index contributed by atoms with van der Waals surface area (Å²) < 4.78 is 25.8. The number of carboxylic acids is 1. The van der Waals surface area contributed by atoms with Gasteiger partial charge in [-0.25, -0.2) is 14.0 Å². The van der Waals surface area contributed by atoms with Crippen LogP contribution in [0.2, 0.25) is 0 Å². The maximum absolute atomic E-state index is 13.5. The number of anilines is 1. The molecule has 1 saturated carbocycles. The Labute approximate surface area is 219 Å². The number of urea groups is 1. The molecule has 2 aromatic rings. The van der Waals surface area contributed by atoms with Crippen molar-refractivity contribution in [3.05, 3.63) is 65.0 Å². The van der Waals surface area contributed by atoms with Crippen LogP contribution in [0.25, 0.3) is 0 Å². The number of carboxylic acid groups (broad SMARTS) is 1. The smallest absolute Gasteiger partial charge is 0.336 e. The lowest BCUT2D eigenvalue weighted by Gasteiger charge is -2.33. The van der Waals surface area contributed by atoms with Gasteiger partial charge in [0.15, 0.2) is 0 Å². The summed E-state index contributed by atoms with van der Waals surface area (Å²) in [6, 6.07) is 11.0. The van der Waals surface area contributed by atoms with Crippen LogP contribution in [0.5, 0.6) is 0 Å². The summed E-state index contributed by atoms with van der Waals surface area (Å²) in [5.74, 6) is -1.11. The van der Waals surface area contributed by atoms with E-state index < -0.39 is 11.8 Å². The number of aromatic carboxylic acids is 1. The van der Waals surface area contributed by atoms with E-state index in [1.165, 1.54) is 12.1 Å². The number of aryl methyl sites for hydroxylation is 1. The van der Waals surface area contributed by atoms with Crippen molar-refractivity contribution in [3.63, 3.8) is 0 Å². The van der Waals surface area contributed by atoms with Gasteiger partial charge in [-0.15, -0.1) is 0 Å². The molecule has 1 aliphatic carbocycles. The average molecular weight is 515 g/mol. The minimum Gasteiger partial charge on any atom is -0.478 e. The van der Waals surface area contributed by atoms with Crippen LogP contribution >= 0.6 is 0 Å². The average Bonchev–Trinajstić information content (AvgIpc) is 2.85. The quantitative estimate of drug-likeness (QED) is 0.370. The predicted octanol–water partition coefficient (Wildman–Crippen LogP) is 6.26. The van der Waals surface area contributed by atoms with E-state index in [1.807, 2.05) is 13.0 Å². The van der Waals surface area contributed by atoms with Crippen molar-refractivity contribution >= 4 is 17.7 Å². The molecule has 0 bridgehead atoms. The Hall–Kier alpha value is -2.97. The van der Waals surface area contributed by atoms with Crippen molar-refractivity contribution in [2.75, 3.05) is 18.5 Å². The normalized spacial score (nSPS) is 18.4. The zero-order valence-corrected chi connectivity index (χ0v) is 22.2. The zero-order chi connectivity index (χ0) is 26.9. The number of hydrogen-bond acceptors (Lipinski definition) is 4. The lowest BCUT2D eigenvalue weighted by molar-refractivity contribution is -0.0534. The minimum absolute atomic E-state index is 0.0112. The predicted molar refractivity (Wildman–Crippen MR) is 141 cm³/mol. The summed E-state index contributed by atoms with van der Waals surface area (Å²) >= 11 is 0. The lowest BCUT2D eigenvalue weighted by atomic mass is 9.94. The fraction of sp³-hybridized carbons (Fsp3) is 0.517. The molecule has 7 nitrogen and oxygen atoms in total. The first kappa shape index (κ1) is 28.6. The third kappa shape index (κ3) is 8.27. The molecule has 3 atom stereocenters. The fourth-order valence-electron chi connectivity index (χ4n) is 4.70. The van der Waals surface area contributed by atoms with Gasteiger partial charge in [0.05, 0.1) is 31.0 Å². The van der Waals surface area contributed by atoms with E-state index in [-0.39, 0.29) is 36.8 Å². The Morgan fingerprint density at radius 1 is 1.11 bits per heavy atom. The molecule has 2 amide bonds. The lowest BCUT2D eigenvalue weighted by Crippen LogP contribution is -2.46. The SMILES string of the molecule is Cc1cccc(CO[C@@H]2CCC[C@H](OCCN(C(=O)Nc3cccc(F)c3)C(C)C(C)C)C2)c1C(=O)O. The number of hydrogen-bond donors (Lipinski definition) is 2. The van der Waals surface area contributed by atoms with E-state index in [9.17, 15) is 19.1 Å². The molecule has 37 heavy (non-hydrogen) atoms. The second-order valence-electron chi connectivity index (χ2n) is 10.1. The molecule has 8 heteroatoms. The number of nitrogens with zero attached hydrogens (tertiary/aromatic N) is 1. The van der Waals surface area contributed by atoms with Crippen LogP contribution in [-0.4, -0.2) is 53.4 Å². The van der Waals surface area contributed by atoms with Gasteiger partial charge in [0.25, 0.3) is 0 Å². The van der Waals surface area contributed by atoms with Crippen molar-refractivity contribution in [1.29, 1.82) is 0 Å². The van der Waals surface area contributed by atoms with Gasteiger partial charge < -0.3 is 24.8 Å². The Bertz CT molecular complexity index is 1060. The van der Waals surface area contributed by atoms with Gasteiger partial charge in [0.1, 0.15) is 5.82 Å². The van der Waals surface area contributed by atoms with Crippen LogP contribution in [0.4, 0.5) is 14.9 Å². The number of carbonyl (C=O) groups excluding carboxylic acids is 1. The molecule has 1 aliphatic rings. The first-order valence-corrected chi connectivity index (χ1v) is 13.0. The van der Waals surface area contributed by atoms with Gasteiger partial charge >= 0.3 is 12.0 Å². The monoisotopic (exact) mass is 514 g/mol. The molecular formula is C29H39FN2O5. The summed E-state index contributed by atoms with van der Waals surface area (Å²) in [6.45, 7) is 8.94. The van der Waals surface area contributed by atoms with Crippen molar-refractivity contribution in [2.24, 2.45) is 5.92 Å². The zero-order valence-electron chi connectivity index (χ0n) is 22.2. The number of benzene rings is 2. The third-order valence-corrected chi connectivity index (χ3v) is 7.10. The topological polar surface area (TPSA) is 88.1 Å². The molecular weight excluding hydrogens is 475 g/mol. The molecule has 0 spiro atoms. The van der Waals surface area contributed by atoms with Gasteiger partial charge in [0, 0.05) is 18.3 Å². The van der Waals surface area contributed by atoms with Crippen LogP contribution in [0.3, 0.4) is 0 Å². The van der Waals surface area contributed by atoms with E-state index in [0.717, 1.165) is 31.2 Å². The summed E-state index contributed by atoms with van der Waals surface area (Å²) in [7, 11) is 0. The van der Waals surface area contributed by atoms with E-state index in [0.29, 0.717) is 30.0 Å². The highest BCUT2D eigenvalue weighted by atomic mass is 19.1. The van der Waals surface area contributed by atoms with Crippen molar-refractivity contribution in [3.8, 4) is 0 Å². The van der Waals surface area contributed by atoms with Gasteiger partial charge in [-0.2, -0.15) is 0 Å². The van der Waals surface area contributed by atoms with E-state index >= 15 is 0 Å². The molecule has 0 radical (unpaired) electrons. The highest BCUT2D eigenvalue weighted by molar-refractivity contribution is 5.91. The van der Waals surface area contributed by atoms with Crippen molar-refractivity contribution in [1.82, 2.24) is 4.90 Å². The molecule has 0 saturated heterocycles. The standard InChI is InChI=1S/C29H39FN2O5/c1-19(2)21(4)32(29(35)31-24-11-6-10-23(30)16-24)14-15-36-25-12-7-13-26(17-25)37-18-22-9-5-8-20(3)27(22)28(33)34/h5-6,8-11,16,19,21,25-26H,7,12-15,17-18H2,1-4H3,(H,31,35)(H,33,34)/t21?,25-,26+/m0/s1. The fourth-order valence-corrected chi connectivity index (χ4v) is 4.70. The summed E-state index contributed by atoms with van der Waals surface area (Å²) in [6.07, 6.45) is 3.51. The van der Waals surface area contributed by atoms with Gasteiger partial charge in [-0.1, -0.05) is 38.1 Å². The third-order valence-electron chi connectivity index (χ3n) is 7.10. The van der Waals surface area contributed by atoms with E-state index in [2.05, 4.69) is 19.2 Å². The van der Waals surface area contributed by atoms with E-state index in [1.54, 1.807) is 36.1 Å². The summed E-state index contributed by atoms with van der Waals surface area (Å²) in [4.78, 5) is 26.4. The molecule has 0 aliphatic heterocycles. The molecule has 202 valence electrons. The molecule has 0 aromatic heterocycles. The minimum atomic E-state index is -0.942. The van der Waals surface area contributed by atoms with Gasteiger partial charge in [0.2, 0.25) is 0 Å². The molecule has 3 rings (SSSR count). The number of amides is 2. The second kappa shape index (κ2) is 13.5. The van der Waals surface area contributed by atoms with Crippen LogP contribution in [0.1, 0.15) is 67.9 Å². The van der Waals surface area contributed by atoms with Crippen LogP contribution < -0.4 is 5.32 Å². The Balaban J connectivity index is 1.52. The first-order valence-electron chi connectivity index (χ1n) is 13.0. The second-order valence-corrected chi connectivity index (χ2v) is 10.1. The largest absolute Gasteiger partial charge is 0.478 e. The number of ether oxygens (including phenoxy) is 2. The van der Waals surface area contributed by atoms with Crippen molar-refractivity contribution in [2.45, 2.75) is 78.2 Å². The highest BCUT2D eigenvalue weighted by Crippen LogP contribution is 2.26. The number of carbonyl (C=O) groups is 2. The maximum Gasteiger partial charge on any atom is 0.336 e. The number of rotatable bonds is 11. The van der Waals surface area contributed by atoms with Crippen LogP contribution in [0, 0.1) is 18.7 Å². The number of nitrogens with one attached hydrogen (secondary N) is 1.